The number of hydrogen-bond acceptors (Lipinski definition) is 4. The number of hydrogen-bond donors (Lipinski definition) is 1. The number of amides is 2. The number of nitrogens with one attached hydrogen (secondary N) is 1. The molecule has 45 heavy (non-hydrogen) atoms. The van der Waals surface area contributed by atoms with E-state index in [4.69, 9.17) is 9.47 Å². The number of ether oxygens (including phenoxy) is 2. The summed E-state index contributed by atoms with van der Waals surface area (Å²) in [7, 11) is 0. The highest BCUT2D eigenvalue weighted by atomic mass is 16.6. The van der Waals surface area contributed by atoms with E-state index in [1.807, 2.05) is 17.0 Å². The van der Waals surface area contributed by atoms with E-state index in [0.717, 1.165) is 32.1 Å². The first kappa shape index (κ1) is 27.9. The van der Waals surface area contributed by atoms with Crippen LogP contribution < -0.4 is 5.32 Å². The Kier molecular flexibility index (Phi) is 7.28. The van der Waals surface area contributed by atoms with Crippen LogP contribution in [-0.2, 0) is 9.47 Å². The Labute approximate surface area is 264 Å². The number of carbonyl (C=O) groups excluding carboxylic acids is 2. The Morgan fingerprint density at radius 2 is 1.04 bits per heavy atom. The maximum Gasteiger partial charge on any atom is 0.410 e. The van der Waals surface area contributed by atoms with Crippen molar-refractivity contribution in [1.82, 2.24) is 10.2 Å². The third-order valence-corrected chi connectivity index (χ3v) is 10.5. The van der Waals surface area contributed by atoms with Crippen molar-refractivity contribution in [3.63, 3.8) is 0 Å². The first-order valence-corrected chi connectivity index (χ1v) is 16.4. The van der Waals surface area contributed by atoms with Crippen molar-refractivity contribution in [2.24, 2.45) is 5.92 Å². The van der Waals surface area contributed by atoms with E-state index in [-0.39, 0.29) is 36.1 Å². The van der Waals surface area contributed by atoms with Crippen LogP contribution in [0.5, 0.6) is 0 Å². The molecule has 0 spiro atoms. The molecule has 2 bridgehead atoms. The number of fused-ring (bicyclic) bond motifs is 8. The predicted molar refractivity (Wildman–Crippen MR) is 174 cm³/mol. The highest BCUT2D eigenvalue weighted by molar-refractivity contribution is 5.80. The van der Waals surface area contributed by atoms with Crippen LogP contribution in [0.4, 0.5) is 9.59 Å². The third kappa shape index (κ3) is 5.06. The van der Waals surface area contributed by atoms with Gasteiger partial charge in [-0.05, 0) is 82.5 Å². The zero-order valence-electron chi connectivity index (χ0n) is 25.4. The maximum absolute atomic E-state index is 13.4. The molecule has 228 valence electrons. The summed E-state index contributed by atoms with van der Waals surface area (Å²) >= 11 is 0. The lowest BCUT2D eigenvalue weighted by atomic mass is 9.88. The summed E-state index contributed by atoms with van der Waals surface area (Å²) in [5.41, 5.74) is 9.82. The summed E-state index contributed by atoms with van der Waals surface area (Å²) in [6, 6.07) is 34.0. The SMILES string of the molecule is O=C(NCCC1CC2CCC(C1)N2C(=O)OCC1c2ccccc2-c2ccccc21)OCC1c2ccccc2-c2ccccc21. The van der Waals surface area contributed by atoms with E-state index >= 15 is 0 Å². The second kappa shape index (κ2) is 11.7. The number of rotatable bonds is 7. The van der Waals surface area contributed by atoms with Gasteiger partial charge in [-0.15, -0.1) is 0 Å². The predicted octanol–water partition coefficient (Wildman–Crippen LogP) is 8.11. The molecule has 4 aliphatic rings. The van der Waals surface area contributed by atoms with Gasteiger partial charge in [0.05, 0.1) is 0 Å². The van der Waals surface area contributed by atoms with Crippen LogP contribution in [0.2, 0.25) is 0 Å². The van der Waals surface area contributed by atoms with Crippen molar-refractivity contribution in [2.45, 2.75) is 56.0 Å². The topological polar surface area (TPSA) is 67.9 Å². The van der Waals surface area contributed by atoms with E-state index < -0.39 is 0 Å². The summed E-state index contributed by atoms with van der Waals surface area (Å²) < 4.78 is 11.8. The average molecular weight is 599 g/mol. The van der Waals surface area contributed by atoms with Gasteiger partial charge in [-0.25, -0.2) is 9.59 Å². The van der Waals surface area contributed by atoms with Gasteiger partial charge in [0.2, 0.25) is 0 Å². The second-order valence-electron chi connectivity index (χ2n) is 13.0. The van der Waals surface area contributed by atoms with Gasteiger partial charge in [0.1, 0.15) is 13.2 Å². The first-order chi connectivity index (χ1) is 22.2. The third-order valence-electron chi connectivity index (χ3n) is 10.5. The van der Waals surface area contributed by atoms with Crippen molar-refractivity contribution in [2.75, 3.05) is 19.8 Å². The average Bonchev–Trinajstić information content (AvgIpc) is 3.67. The van der Waals surface area contributed by atoms with Crippen molar-refractivity contribution >= 4 is 12.2 Å². The molecule has 4 aromatic carbocycles. The fraction of sp³-hybridized carbons (Fsp3) is 0.333. The zero-order valence-corrected chi connectivity index (χ0v) is 25.4. The van der Waals surface area contributed by atoms with Crippen molar-refractivity contribution in [3.8, 4) is 22.3 Å². The van der Waals surface area contributed by atoms with Gasteiger partial charge in [-0.2, -0.15) is 0 Å². The van der Waals surface area contributed by atoms with Gasteiger partial charge in [0.15, 0.2) is 0 Å². The minimum atomic E-state index is -0.365. The smallest absolute Gasteiger partial charge is 0.410 e. The molecule has 2 unspecified atom stereocenters. The minimum absolute atomic E-state index is 0.0565. The van der Waals surface area contributed by atoms with Crippen LogP contribution in [0, 0.1) is 5.92 Å². The Morgan fingerprint density at radius 3 is 1.51 bits per heavy atom. The molecule has 4 aromatic rings. The summed E-state index contributed by atoms with van der Waals surface area (Å²) in [5.74, 6) is 0.593. The molecule has 6 heteroatoms. The molecule has 0 radical (unpaired) electrons. The molecule has 2 fully saturated rings. The van der Waals surface area contributed by atoms with Gasteiger partial charge in [-0.1, -0.05) is 97.1 Å². The van der Waals surface area contributed by atoms with Crippen molar-refractivity contribution in [1.29, 1.82) is 0 Å². The van der Waals surface area contributed by atoms with Gasteiger partial charge in [0.25, 0.3) is 0 Å². The lowest BCUT2D eigenvalue weighted by Crippen LogP contribution is -2.47. The fourth-order valence-corrected chi connectivity index (χ4v) is 8.52. The summed E-state index contributed by atoms with van der Waals surface area (Å²) in [6.45, 7) is 1.25. The highest BCUT2D eigenvalue weighted by Crippen LogP contribution is 2.46. The lowest BCUT2D eigenvalue weighted by Gasteiger charge is -2.38. The molecular formula is C39H38N2O4. The van der Waals surface area contributed by atoms with Crippen LogP contribution in [0.25, 0.3) is 22.3 Å². The molecule has 2 aliphatic carbocycles. The molecular weight excluding hydrogens is 560 g/mol. The quantitative estimate of drug-likeness (QED) is 0.233. The lowest BCUT2D eigenvalue weighted by molar-refractivity contribution is 0.0547. The van der Waals surface area contributed by atoms with Crippen molar-refractivity contribution < 1.29 is 19.1 Å². The molecule has 2 heterocycles. The Balaban J connectivity index is 0.817. The second-order valence-corrected chi connectivity index (χ2v) is 13.0. The molecule has 0 saturated carbocycles. The van der Waals surface area contributed by atoms with E-state index in [2.05, 4.69) is 90.2 Å². The van der Waals surface area contributed by atoms with Crippen LogP contribution in [0.15, 0.2) is 97.1 Å². The first-order valence-electron chi connectivity index (χ1n) is 16.4. The fourth-order valence-electron chi connectivity index (χ4n) is 8.52. The number of benzene rings is 4. The minimum Gasteiger partial charge on any atom is -0.449 e. The number of piperidine rings is 1. The molecule has 2 atom stereocenters. The molecule has 1 N–H and O–H groups in total. The molecule has 6 nitrogen and oxygen atoms in total. The normalized spacial score (nSPS) is 21.1. The van der Waals surface area contributed by atoms with Crippen LogP contribution in [0.3, 0.4) is 0 Å². The van der Waals surface area contributed by atoms with E-state index in [9.17, 15) is 9.59 Å². The van der Waals surface area contributed by atoms with E-state index in [1.165, 1.54) is 44.5 Å². The Hall–Kier alpha value is -4.58. The zero-order chi connectivity index (χ0) is 30.3. The largest absolute Gasteiger partial charge is 0.449 e. The molecule has 2 amide bonds. The molecule has 0 aromatic heterocycles. The maximum atomic E-state index is 13.4. The monoisotopic (exact) mass is 598 g/mol. The van der Waals surface area contributed by atoms with Crippen LogP contribution in [-0.4, -0.2) is 48.9 Å². The summed E-state index contributed by atoms with van der Waals surface area (Å²) in [5, 5.41) is 2.99. The van der Waals surface area contributed by atoms with E-state index in [0.29, 0.717) is 25.7 Å². The highest BCUT2D eigenvalue weighted by Gasteiger charge is 2.44. The van der Waals surface area contributed by atoms with E-state index in [1.54, 1.807) is 0 Å². The number of carbonyl (C=O) groups is 2. The standard InChI is InChI=1S/C39H38N2O4/c42-38(44-23-36-32-13-5-1-9-28(32)29-10-2-6-14-33(29)36)40-20-19-25-21-26-17-18-27(22-25)41(26)39(43)45-24-37-34-15-7-3-11-30(34)31-12-4-8-16-35(31)37/h1-16,25-27,36-37H,17-24H2,(H,40,42). The van der Waals surface area contributed by atoms with Gasteiger partial charge >= 0.3 is 12.2 Å². The summed E-state index contributed by atoms with van der Waals surface area (Å²) in [4.78, 5) is 28.1. The van der Waals surface area contributed by atoms with Crippen molar-refractivity contribution in [3.05, 3.63) is 119 Å². The van der Waals surface area contributed by atoms with Gasteiger partial charge < -0.3 is 19.7 Å². The number of alkyl carbamates (subject to hydrolysis) is 1. The molecule has 2 aliphatic heterocycles. The molecule has 8 rings (SSSR count). The molecule has 2 saturated heterocycles. The van der Waals surface area contributed by atoms with Crippen LogP contribution >= 0.6 is 0 Å². The van der Waals surface area contributed by atoms with Gasteiger partial charge in [-0.3, -0.25) is 0 Å². The van der Waals surface area contributed by atoms with Gasteiger partial charge in [0, 0.05) is 30.5 Å². The Bertz CT molecular complexity index is 1650. The summed E-state index contributed by atoms with van der Waals surface area (Å²) in [6.07, 6.45) is 4.28. The van der Waals surface area contributed by atoms with Crippen LogP contribution in [0.1, 0.15) is 66.2 Å². The Morgan fingerprint density at radius 1 is 0.622 bits per heavy atom. The number of nitrogens with zero attached hydrogens (tertiary/aromatic N) is 1.